The Morgan fingerprint density at radius 3 is 1.89 bits per heavy atom. The molecule has 2 heterocycles. The smallest absolute Gasteiger partial charge is 0.397 e. The molecule has 0 atom stereocenters. The Morgan fingerprint density at radius 1 is 0.913 bits per heavy atom. The highest BCUT2D eigenvalue weighted by Gasteiger charge is 2.41. The monoisotopic (exact) mass is 677 g/mol. The summed E-state index contributed by atoms with van der Waals surface area (Å²) < 4.78 is 119. The van der Waals surface area contributed by atoms with Gasteiger partial charge in [-0.3, -0.25) is 4.79 Å². The molecule has 0 saturated carbocycles. The number of hydrogen-bond acceptors (Lipinski definition) is 6. The molecule has 7 nitrogen and oxygen atoms in total. The number of amides is 1. The summed E-state index contributed by atoms with van der Waals surface area (Å²) in [6.45, 7) is 6.33. The summed E-state index contributed by atoms with van der Waals surface area (Å²) in [4.78, 5) is 21.1. The molecule has 4 rings (SSSR count). The van der Waals surface area contributed by atoms with Gasteiger partial charge < -0.3 is 14.9 Å². The molecule has 0 bridgehead atoms. The lowest BCUT2D eigenvalue weighted by molar-refractivity contribution is -0.143. The molecule has 0 unspecified atom stereocenters. The highest BCUT2D eigenvalue weighted by Crippen LogP contribution is 2.41. The summed E-state index contributed by atoms with van der Waals surface area (Å²) in [5.74, 6) is -1.16. The molecule has 1 aromatic heterocycles. The molecular formula is C31H34F7N3O4S. The normalized spacial score (nSPS) is 15.2. The van der Waals surface area contributed by atoms with Crippen LogP contribution in [0.4, 0.5) is 42.2 Å². The van der Waals surface area contributed by atoms with Crippen LogP contribution in [0, 0.1) is 12.7 Å². The van der Waals surface area contributed by atoms with Crippen LogP contribution in [0.15, 0.2) is 48.7 Å². The van der Waals surface area contributed by atoms with Crippen LogP contribution in [-0.2, 0) is 32.4 Å². The predicted molar refractivity (Wildman–Crippen MR) is 161 cm³/mol. The van der Waals surface area contributed by atoms with Crippen LogP contribution in [-0.4, -0.2) is 62.7 Å². The number of anilines is 2. The average molecular weight is 678 g/mol. The second kappa shape index (κ2) is 13.6. The Kier molecular flexibility index (Phi) is 10.8. The summed E-state index contributed by atoms with van der Waals surface area (Å²) in [7, 11) is -1.89. The number of rotatable bonds is 5. The maximum absolute atomic E-state index is 14.0. The van der Waals surface area contributed by atoms with Gasteiger partial charge in [0.15, 0.2) is 9.84 Å². The van der Waals surface area contributed by atoms with Crippen molar-refractivity contribution in [2.45, 2.75) is 45.5 Å². The Labute approximate surface area is 262 Å². The van der Waals surface area contributed by atoms with E-state index in [1.54, 1.807) is 24.8 Å². The number of nitrogens with zero attached hydrogens (tertiary/aromatic N) is 3. The number of alkyl halides is 6. The van der Waals surface area contributed by atoms with Gasteiger partial charge in [0.1, 0.15) is 11.6 Å². The fourth-order valence-electron chi connectivity index (χ4n) is 4.93. The Bertz CT molecular complexity index is 1640. The second-order valence-corrected chi connectivity index (χ2v) is 13.6. The van der Waals surface area contributed by atoms with Gasteiger partial charge in [0.2, 0.25) is 5.91 Å². The fourth-order valence-corrected chi connectivity index (χ4v) is 6.13. The van der Waals surface area contributed by atoms with Crippen molar-refractivity contribution >= 4 is 27.2 Å². The molecule has 1 saturated heterocycles. The number of carbonyl (C=O) groups is 1. The molecule has 0 radical (unpaired) electrons. The van der Waals surface area contributed by atoms with Crippen LogP contribution in [0.25, 0.3) is 11.1 Å². The van der Waals surface area contributed by atoms with Crippen LogP contribution in [0.3, 0.4) is 0 Å². The Balaban J connectivity index is 0.00000185. The standard InChI is InChI=1S/C29H28F7N3O3S.C2H6O/c1-17-11-21(30)5-6-22(17)23-15-25(39-7-9-43(41,42)10-8-39)37-16-24(23)38(4)26(40)27(2,3)18-12-19(28(31,32)33)14-20(13-18)29(34,35)36;1-2-3/h5-6,11-16H,7-10H2,1-4H3;3H,2H2,1H3. The summed E-state index contributed by atoms with van der Waals surface area (Å²) >= 11 is 0. The van der Waals surface area contributed by atoms with E-state index in [9.17, 15) is 43.9 Å². The van der Waals surface area contributed by atoms with Crippen LogP contribution in [0.5, 0.6) is 0 Å². The first-order chi connectivity index (χ1) is 21.1. The lowest BCUT2D eigenvalue weighted by atomic mass is 9.81. The molecular weight excluding hydrogens is 643 g/mol. The molecule has 252 valence electrons. The van der Waals surface area contributed by atoms with E-state index in [1.165, 1.54) is 45.3 Å². The van der Waals surface area contributed by atoms with Crippen molar-refractivity contribution in [3.8, 4) is 11.1 Å². The minimum Gasteiger partial charge on any atom is -0.397 e. The van der Waals surface area contributed by atoms with Crippen molar-refractivity contribution in [1.29, 1.82) is 0 Å². The third-order valence-electron chi connectivity index (χ3n) is 7.53. The predicted octanol–water partition coefficient (Wildman–Crippen LogP) is 6.41. The number of carbonyl (C=O) groups excluding carboxylic acids is 1. The SMILES string of the molecule is CCO.Cc1cc(F)ccc1-c1cc(N2CCS(=O)(=O)CC2)ncc1N(C)C(=O)C(C)(C)c1cc(C(F)(F)F)cc(C(F)(F)F)c1. The molecule has 1 fully saturated rings. The molecule has 0 spiro atoms. The molecule has 1 amide bonds. The van der Waals surface area contributed by atoms with Crippen molar-refractivity contribution in [1.82, 2.24) is 4.98 Å². The van der Waals surface area contributed by atoms with E-state index in [4.69, 9.17) is 5.11 Å². The van der Waals surface area contributed by atoms with E-state index in [-0.39, 0.29) is 43.0 Å². The van der Waals surface area contributed by atoms with E-state index in [0.29, 0.717) is 34.6 Å². The first-order valence-corrected chi connectivity index (χ1v) is 15.9. The van der Waals surface area contributed by atoms with E-state index in [0.717, 1.165) is 4.90 Å². The third kappa shape index (κ3) is 8.35. The molecule has 1 aliphatic heterocycles. The Hall–Kier alpha value is -3.72. The van der Waals surface area contributed by atoms with Crippen LogP contribution in [0.2, 0.25) is 0 Å². The lowest BCUT2D eigenvalue weighted by Gasteiger charge is -2.33. The zero-order valence-electron chi connectivity index (χ0n) is 25.7. The number of pyridine rings is 1. The fraction of sp³-hybridized carbons (Fsp3) is 0.419. The second-order valence-electron chi connectivity index (χ2n) is 11.3. The van der Waals surface area contributed by atoms with Gasteiger partial charge in [0.05, 0.1) is 39.9 Å². The van der Waals surface area contributed by atoms with Gasteiger partial charge in [0.25, 0.3) is 0 Å². The summed E-state index contributed by atoms with van der Waals surface area (Å²) in [5.41, 5.74) is -3.95. The molecule has 2 aromatic carbocycles. The number of hydrogen-bond donors (Lipinski definition) is 1. The van der Waals surface area contributed by atoms with Crippen molar-refractivity contribution in [3.05, 3.63) is 76.7 Å². The molecule has 3 aromatic rings. The van der Waals surface area contributed by atoms with Gasteiger partial charge in [-0.25, -0.2) is 17.8 Å². The van der Waals surface area contributed by atoms with E-state index < -0.39 is 56.0 Å². The van der Waals surface area contributed by atoms with Gasteiger partial charge in [-0.1, -0.05) is 6.07 Å². The van der Waals surface area contributed by atoms with Gasteiger partial charge in [-0.15, -0.1) is 0 Å². The van der Waals surface area contributed by atoms with Crippen molar-refractivity contribution < 1.29 is 49.1 Å². The maximum Gasteiger partial charge on any atom is 0.416 e. The molecule has 46 heavy (non-hydrogen) atoms. The summed E-state index contributed by atoms with van der Waals surface area (Å²) in [6, 6.07) is 6.58. The highest BCUT2D eigenvalue weighted by molar-refractivity contribution is 7.91. The Morgan fingerprint density at radius 2 is 1.41 bits per heavy atom. The highest BCUT2D eigenvalue weighted by atomic mass is 32.2. The van der Waals surface area contributed by atoms with Gasteiger partial charge >= 0.3 is 12.4 Å². The summed E-state index contributed by atoms with van der Waals surface area (Å²) in [5, 5.41) is 7.57. The van der Waals surface area contributed by atoms with E-state index in [2.05, 4.69) is 4.98 Å². The zero-order valence-corrected chi connectivity index (χ0v) is 26.5. The average Bonchev–Trinajstić information content (AvgIpc) is 2.95. The quantitative estimate of drug-likeness (QED) is 0.314. The molecule has 1 N–H and O–H groups in total. The summed E-state index contributed by atoms with van der Waals surface area (Å²) in [6.07, 6.45) is -8.87. The third-order valence-corrected chi connectivity index (χ3v) is 9.13. The van der Waals surface area contributed by atoms with Crippen molar-refractivity contribution in [3.63, 3.8) is 0 Å². The number of sulfone groups is 1. The van der Waals surface area contributed by atoms with Crippen LogP contribution < -0.4 is 9.80 Å². The zero-order chi connectivity index (χ0) is 34.8. The number of aryl methyl sites for hydroxylation is 1. The minimum absolute atomic E-state index is 0.00232. The van der Waals surface area contributed by atoms with E-state index in [1.807, 2.05) is 0 Å². The molecule has 15 heteroatoms. The van der Waals surface area contributed by atoms with Gasteiger partial charge in [-0.2, -0.15) is 26.3 Å². The first-order valence-electron chi connectivity index (χ1n) is 14.0. The largest absolute Gasteiger partial charge is 0.416 e. The molecule has 0 aliphatic carbocycles. The number of aromatic nitrogens is 1. The van der Waals surface area contributed by atoms with Crippen molar-refractivity contribution in [2.24, 2.45) is 0 Å². The lowest BCUT2D eigenvalue weighted by Crippen LogP contribution is -2.42. The molecule has 1 aliphatic rings. The van der Waals surface area contributed by atoms with E-state index >= 15 is 0 Å². The van der Waals surface area contributed by atoms with Gasteiger partial charge in [-0.05, 0) is 80.8 Å². The number of likely N-dealkylation sites (N-methyl/N-ethyl adjacent to an activating group) is 1. The number of benzene rings is 2. The number of aliphatic hydroxyl groups is 1. The van der Waals surface area contributed by atoms with Crippen molar-refractivity contribution in [2.75, 3.05) is 48.0 Å². The topological polar surface area (TPSA) is 90.8 Å². The number of halogens is 7. The first kappa shape index (κ1) is 36.7. The van der Waals surface area contributed by atoms with Crippen LogP contribution in [0.1, 0.15) is 43.0 Å². The minimum atomic E-state index is -5.10. The van der Waals surface area contributed by atoms with Gasteiger partial charge in [0, 0.05) is 32.3 Å². The van der Waals surface area contributed by atoms with Crippen LogP contribution >= 0.6 is 0 Å². The number of aliphatic hydroxyl groups excluding tert-OH is 1. The maximum atomic E-state index is 14.0.